The van der Waals surface area contributed by atoms with Gasteiger partial charge >= 0.3 is 5.97 Å². The normalized spacial score (nSPS) is 14.6. The average molecular weight is 619 g/mol. The first kappa shape index (κ1) is 31.3. The van der Waals surface area contributed by atoms with E-state index in [4.69, 9.17) is 14.5 Å². The second-order valence-corrected chi connectivity index (χ2v) is 11.3. The van der Waals surface area contributed by atoms with Crippen LogP contribution in [0.25, 0.3) is 6.08 Å². The number of hydrogen-bond donors (Lipinski definition) is 1. The number of carbonyl (C=O) groups excluding carboxylic acids is 1. The van der Waals surface area contributed by atoms with Crippen molar-refractivity contribution in [1.29, 1.82) is 0 Å². The molecule has 0 spiro atoms. The number of amidine groups is 1. The van der Waals surface area contributed by atoms with Crippen molar-refractivity contribution in [3.8, 4) is 11.5 Å². The van der Waals surface area contributed by atoms with Gasteiger partial charge in [-0.05, 0) is 77.7 Å². The number of rotatable bonds is 13. The molecule has 1 aliphatic heterocycles. The maximum atomic E-state index is 13.8. The summed E-state index contributed by atoms with van der Waals surface area (Å²) in [4.78, 5) is 32.2. The lowest BCUT2D eigenvalue weighted by Crippen LogP contribution is -2.28. The molecule has 1 N–H and O–H groups in total. The number of carboxylic acid groups (broad SMARTS) is 1. The van der Waals surface area contributed by atoms with Crippen LogP contribution in [0.4, 0.5) is 0 Å². The van der Waals surface area contributed by atoms with E-state index in [0.717, 1.165) is 27.8 Å². The van der Waals surface area contributed by atoms with Crippen LogP contribution < -0.4 is 9.47 Å². The zero-order chi connectivity index (χ0) is 31.6. The number of aromatic carboxylic acids is 1. The van der Waals surface area contributed by atoms with Crippen LogP contribution in [-0.4, -0.2) is 33.7 Å². The lowest BCUT2D eigenvalue weighted by molar-refractivity contribution is -0.122. The summed E-state index contributed by atoms with van der Waals surface area (Å²) in [7, 11) is 0. The van der Waals surface area contributed by atoms with Gasteiger partial charge in [-0.15, -0.1) is 6.58 Å². The number of hydrogen-bond acceptors (Lipinski definition) is 6. The zero-order valence-corrected chi connectivity index (χ0v) is 25.8. The maximum absolute atomic E-state index is 13.8. The SMILES string of the molecule is C=CCc1cc(/C=C2/SC(=NCc3ccccc3)N(Cc3ccccc3)C2=O)cc(OCC)c1OCc1ccc(C(=O)O)cc1. The van der Waals surface area contributed by atoms with Gasteiger partial charge in [-0.3, -0.25) is 14.7 Å². The Balaban J connectivity index is 1.45. The fourth-order valence-corrected chi connectivity index (χ4v) is 5.80. The van der Waals surface area contributed by atoms with Crippen molar-refractivity contribution >= 4 is 34.9 Å². The number of aliphatic imine (C=N–C) groups is 1. The number of allylic oxidation sites excluding steroid dienone is 1. The van der Waals surface area contributed by atoms with Crippen molar-refractivity contribution in [3.05, 3.63) is 148 Å². The van der Waals surface area contributed by atoms with Gasteiger partial charge in [0.25, 0.3) is 5.91 Å². The molecule has 0 saturated carbocycles. The Morgan fingerprint density at radius 1 is 0.933 bits per heavy atom. The van der Waals surface area contributed by atoms with E-state index in [2.05, 4.69) is 6.58 Å². The highest BCUT2D eigenvalue weighted by molar-refractivity contribution is 8.18. The summed E-state index contributed by atoms with van der Waals surface area (Å²) in [6.07, 6.45) is 4.19. The summed E-state index contributed by atoms with van der Waals surface area (Å²) in [5.41, 5.74) is 4.79. The molecule has 1 amide bonds. The fraction of sp³-hybridized carbons (Fsp3) is 0.162. The number of carboxylic acids is 1. The number of benzene rings is 4. The van der Waals surface area contributed by atoms with E-state index in [1.165, 1.54) is 11.8 Å². The molecule has 8 heteroatoms. The van der Waals surface area contributed by atoms with Crippen molar-refractivity contribution in [1.82, 2.24) is 4.90 Å². The van der Waals surface area contributed by atoms with Crippen LogP contribution >= 0.6 is 11.8 Å². The molecule has 0 atom stereocenters. The van der Waals surface area contributed by atoms with Crippen molar-refractivity contribution in [2.75, 3.05) is 6.61 Å². The summed E-state index contributed by atoms with van der Waals surface area (Å²) in [5, 5.41) is 9.85. The van der Waals surface area contributed by atoms with E-state index in [1.54, 1.807) is 35.2 Å². The molecule has 5 rings (SSSR count). The number of thioether (sulfide) groups is 1. The molecular formula is C37H34N2O5S. The Bertz CT molecular complexity index is 1720. The minimum Gasteiger partial charge on any atom is -0.490 e. The van der Waals surface area contributed by atoms with Gasteiger partial charge in [0.15, 0.2) is 16.7 Å². The van der Waals surface area contributed by atoms with Gasteiger partial charge in [0, 0.05) is 5.56 Å². The molecule has 45 heavy (non-hydrogen) atoms. The molecule has 7 nitrogen and oxygen atoms in total. The summed E-state index contributed by atoms with van der Waals surface area (Å²) in [6, 6.07) is 30.3. The van der Waals surface area contributed by atoms with Crippen LogP contribution in [0.5, 0.6) is 11.5 Å². The Hall–Kier alpha value is -5.08. The van der Waals surface area contributed by atoms with Gasteiger partial charge < -0.3 is 14.6 Å². The Labute approximate surface area is 267 Å². The van der Waals surface area contributed by atoms with E-state index in [-0.39, 0.29) is 18.1 Å². The van der Waals surface area contributed by atoms with E-state index >= 15 is 0 Å². The molecule has 4 aromatic carbocycles. The van der Waals surface area contributed by atoms with E-state index in [0.29, 0.717) is 47.7 Å². The van der Waals surface area contributed by atoms with E-state index in [9.17, 15) is 14.7 Å². The van der Waals surface area contributed by atoms with Crippen molar-refractivity contribution < 1.29 is 24.2 Å². The van der Waals surface area contributed by atoms with Crippen LogP contribution in [-0.2, 0) is 30.9 Å². The lowest BCUT2D eigenvalue weighted by atomic mass is 10.0. The van der Waals surface area contributed by atoms with E-state index < -0.39 is 5.97 Å². The zero-order valence-electron chi connectivity index (χ0n) is 25.0. The van der Waals surface area contributed by atoms with Crippen LogP contribution in [0, 0.1) is 0 Å². The number of amides is 1. The molecule has 1 fully saturated rings. The Morgan fingerprint density at radius 2 is 1.62 bits per heavy atom. The average Bonchev–Trinajstić information content (AvgIpc) is 3.34. The second kappa shape index (κ2) is 15.1. The second-order valence-electron chi connectivity index (χ2n) is 10.3. The molecule has 1 heterocycles. The van der Waals surface area contributed by atoms with Crippen LogP contribution in [0.1, 0.15) is 45.1 Å². The number of carbonyl (C=O) groups is 2. The first-order valence-corrected chi connectivity index (χ1v) is 15.5. The monoisotopic (exact) mass is 618 g/mol. The lowest BCUT2D eigenvalue weighted by Gasteiger charge is -2.17. The summed E-state index contributed by atoms with van der Waals surface area (Å²) in [5.74, 6) is 0.0580. The third-order valence-electron chi connectivity index (χ3n) is 7.01. The third kappa shape index (κ3) is 8.10. The van der Waals surface area contributed by atoms with E-state index in [1.807, 2.05) is 85.8 Å². The summed E-state index contributed by atoms with van der Waals surface area (Å²) < 4.78 is 12.3. The van der Waals surface area contributed by atoms with Gasteiger partial charge in [0.05, 0.1) is 30.2 Å². The topological polar surface area (TPSA) is 88.4 Å². The minimum absolute atomic E-state index is 0.107. The highest BCUT2D eigenvalue weighted by Crippen LogP contribution is 2.38. The molecular weight excluding hydrogens is 584 g/mol. The standard InChI is InChI=1S/C37H34N2O5S/c1-3-11-31-20-29(21-32(43-4-2)34(31)44-25-28-16-18-30(19-17-28)36(41)42)22-33-35(40)39(24-27-14-9-6-10-15-27)37(45-33)38-23-26-12-7-5-8-13-26/h3,5-10,12-22H,1,4,11,23-25H2,2H3,(H,41,42)/b33-22+,38-37?. The largest absolute Gasteiger partial charge is 0.490 e. The molecule has 1 aliphatic rings. The Morgan fingerprint density at radius 3 is 2.27 bits per heavy atom. The van der Waals surface area contributed by atoms with Gasteiger partial charge in [-0.2, -0.15) is 0 Å². The first-order chi connectivity index (χ1) is 21.9. The molecule has 0 bridgehead atoms. The molecule has 228 valence electrons. The van der Waals surface area contributed by atoms with Crippen molar-refractivity contribution in [3.63, 3.8) is 0 Å². The molecule has 4 aromatic rings. The van der Waals surface area contributed by atoms with Crippen molar-refractivity contribution in [2.24, 2.45) is 4.99 Å². The van der Waals surface area contributed by atoms with Crippen LogP contribution in [0.3, 0.4) is 0 Å². The van der Waals surface area contributed by atoms with Crippen LogP contribution in [0.15, 0.2) is 120 Å². The number of nitrogens with zero attached hydrogens (tertiary/aromatic N) is 2. The van der Waals surface area contributed by atoms with Gasteiger partial charge in [-0.1, -0.05) is 78.9 Å². The summed E-state index contributed by atoms with van der Waals surface area (Å²) >= 11 is 1.37. The predicted molar refractivity (Wildman–Crippen MR) is 179 cm³/mol. The van der Waals surface area contributed by atoms with Gasteiger partial charge in [-0.25, -0.2) is 4.79 Å². The molecule has 1 saturated heterocycles. The minimum atomic E-state index is -0.976. The first-order valence-electron chi connectivity index (χ1n) is 14.6. The highest BCUT2D eigenvalue weighted by atomic mass is 32.2. The molecule has 0 aromatic heterocycles. The predicted octanol–water partition coefficient (Wildman–Crippen LogP) is 7.76. The molecule has 0 radical (unpaired) electrons. The summed E-state index contributed by atoms with van der Waals surface area (Å²) in [6.45, 7) is 7.37. The van der Waals surface area contributed by atoms with Gasteiger partial charge in [0.1, 0.15) is 6.61 Å². The fourth-order valence-electron chi connectivity index (χ4n) is 4.82. The number of ether oxygens (including phenoxy) is 2. The maximum Gasteiger partial charge on any atom is 0.335 e. The van der Waals surface area contributed by atoms with Crippen LogP contribution in [0.2, 0.25) is 0 Å². The Kier molecular flexibility index (Phi) is 10.5. The third-order valence-corrected chi connectivity index (χ3v) is 8.06. The molecule has 0 unspecified atom stereocenters. The van der Waals surface area contributed by atoms with Crippen molar-refractivity contribution in [2.45, 2.75) is 33.0 Å². The smallest absolute Gasteiger partial charge is 0.335 e. The molecule has 0 aliphatic carbocycles. The van der Waals surface area contributed by atoms with Gasteiger partial charge in [0.2, 0.25) is 0 Å². The quantitative estimate of drug-likeness (QED) is 0.122. The highest BCUT2D eigenvalue weighted by Gasteiger charge is 2.33.